The van der Waals surface area contributed by atoms with Gasteiger partial charge in [0.05, 0.1) is 5.52 Å². The minimum Gasteiger partial charge on any atom is -0.301 e. The summed E-state index contributed by atoms with van der Waals surface area (Å²) >= 11 is 0. The van der Waals surface area contributed by atoms with Crippen LogP contribution < -0.4 is 0 Å². The SMILES string of the molecule is CN1CCN(Cc2ccn3nccc3c2)CC1Cc1ccccc1. The van der Waals surface area contributed by atoms with E-state index in [4.69, 9.17) is 0 Å². The summed E-state index contributed by atoms with van der Waals surface area (Å²) in [5.41, 5.74) is 3.96. The Balaban J connectivity index is 1.44. The van der Waals surface area contributed by atoms with Gasteiger partial charge in [0.15, 0.2) is 0 Å². The third kappa shape index (κ3) is 3.35. The van der Waals surface area contributed by atoms with Gasteiger partial charge in [-0.3, -0.25) is 4.90 Å². The summed E-state index contributed by atoms with van der Waals surface area (Å²) in [7, 11) is 2.25. The highest BCUT2D eigenvalue weighted by atomic mass is 15.3. The van der Waals surface area contributed by atoms with Crippen LogP contribution in [0.25, 0.3) is 5.52 Å². The molecule has 4 heteroatoms. The van der Waals surface area contributed by atoms with Crippen molar-refractivity contribution in [2.45, 2.75) is 19.0 Å². The molecule has 0 saturated carbocycles. The second kappa shape index (κ2) is 6.75. The van der Waals surface area contributed by atoms with E-state index in [-0.39, 0.29) is 0 Å². The largest absolute Gasteiger partial charge is 0.301 e. The Kier molecular flexibility index (Phi) is 4.32. The molecule has 1 aromatic carbocycles. The fraction of sp³-hybridized carbons (Fsp3) is 0.350. The molecule has 0 aliphatic carbocycles. The molecule has 1 aliphatic heterocycles. The summed E-state index contributed by atoms with van der Waals surface area (Å²) < 4.78 is 1.92. The molecule has 0 N–H and O–H groups in total. The first-order valence-corrected chi connectivity index (χ1v) is 8.67. The molecule has 1 fully saturated rings. The van der Waals surface area contributed by atoms with Gasteiger partial charge in [-0.25, -0.2) is 4.52 Å². The van der Waals surface area contributed by atoms with Gasteiger partial charge in [-0.1, -0.05) is 30.3 Å². The lowest BCUT2D eigenvalue weighted by Gasteiger charge is -2.39. The van der Waals surface area contributed by atoms with Crippen molar-refractivity contribution >= 4 is 5.52 Å². The number of benzene rings is 1. The van der Waals surface area contributed by atoms with Gasteiger partial charge in [0.25, 0.3) is 0 Å². The predicted molar refractivity (Wildman–Crippen MR) is 97.0 cm³/mol. The van der Waals surface area contributed by atoms with E-state index in [1.54, 1.807) is 0 Å². The third-order valence-electron chi connectivity index (χ3n) is 5.05. The molecule has 0 radical (unpaired) electrons. The number of hydrogen-bond acceptors (Lipinski definition) is 3. The molecule has 1 unspecified atom stereocenters. The normalized spacial score (nSPS) is 19.8. The van der Waals surface area contributed by atoms with Gasteiger partial charge in [0, 0.05) is 44.6 Å². The Labute approximate surface area is 143 Å². The average molecular weight is 320 g/mol. The van der Waals surface area contributed by atoms with Crippen molar-refractivity contribution in [2.75, 3.05) is 26.7 Å². The zero-order valence-corrected chi connectivity index (χ0v) is 14.2. The third-order valence-corrected chi connectivity index (χ3v) is 5.05. The van der Waals surface area contributed by atoms with Crippen LogP contribution in [0.15, 0.2) is 60.9 Å². The zero-order chi connectivity index (χ0) is 16.4. The number of aromatic nitrogens is 2. The molecule has 2 aromatic heterocycles. The summed E-state index contributed by atoms with van der Waals surface area (Å²) in [5.74, 6) is 0. The molecular formula is C20H24N4. The van der Waals surface area contributed by atoms with E-state index in [1.807, 2.05) is 10.7 Å². The van der Waals surface area contributed by atoms with Crippen molar-refractivity contribution < 1.29 is 0 Å². The van der Waals surface area contributed by atoms with Crippen molar-refractivity contribution in [2.24, 2.45) is 0 Å². The van der Waals surface area contributed by atoms with Gasteiger partial charge in [0.1, 0.15) is 0 Å². The molecule has 24 heavy (non-hydrogen) atoms. The number of fused-ring (bicyclic) bond motifs is 1. The molecule has 1 atom stereocenters. The van der Waals surface area contributed by atoms with Crippen LogP contribution in [0.2, 0.25) is 0 Å². The Hall–Kier alpha value is -2.17. The van der Waals surface area contributed by atoms with E-state index in [2.05, 4.69) is 76.7 Å². The number of rotatable bonds is 4. The molecular weight excluding hydrogens is 296 g/mol. The monoisotopic (exact) mass is 320 g/mol. The minimum absolute atomic E-state index is 0.583. The van der Waals surface area contributed by atoms with Crippen LogP contribution in [-0.4, -0.2) is 52.1 Å². The average Bonchev–Trinajstić information content (AvgIpc) is 3.06. The first-order valence-electron chi connectivity index (χ1n) is 8.67. The molecule has 4 nitrogen and oxygen atoms in total. The van der Waals surface area contributed by atoms with Crippen LogP contribution in [0.1, 0.15) is 11.1 Å². The molecule has 4 rings (SSSR count). The smallest absolute Gasteiger partial charge is 0.0664 e. The van der Waals surface area contributed by atoms with E-state index >= 15 is 0 Å². The van der Waals surface area contributed by atoms with Crippen LogP contribution in [0.5, 0.6) is 0 Å². The van der Waals surface area contributed by atoms with Crippen molar-refractivity contribution in [3.63, 3.8) is 0 Å². The van der Waals surface area contributed by atoms with Crippen LogP contribution in [0, 0.1) is 0 Å². The highest BCUT2D eigenvalue weighted by Gasteiger charge is 2.24. The maximum absolute atomic E-state index is 4.27. The van der Waals surface area contributed by atoms with E-state index in [0.717, 1.165) is 32.6 Å². The maximum Gasteiger partial charge on any atom is 0.0664 e. The quantitative estimate of drug-likeness (QED) is 0.738. The maximum atomic E-state index is 4.27. The molecule has 124 valence electrons. The number of nitrogens with zero attached hydrogens (tertiary/aromatic N) is 4. The highest BCUT2D eigenvalue weighted by molar-refractivity contribution is 5.47. The van der Waals surface area contributed by atoms with Crippen LogP contribution in [0.3, 0.4) is 0 Å². The molecule has 0 spiro atoms. The summed E-state index contributed by atoms with van der Waals surface area (Å²) in [5, 5.41) is 4.27. The lowest BCUT2D eigenvalue weighted by atomic mass is 10.0. The van der Waals surface area contributed by atoms with Crippen LogP contribution >= 0.6 is 0 Å². The van der Waals surface area contributed by atoms with Crippen molar-refractivity contribution in [1.29, 1.82) is 0 Å². The minimum atomic E-state index is 0.583. The standard InChI is InChI=1S/C20H24N4/c1-22-11-12-23(16-20(22)13-17-5-3-2-4-6-17)15-18-8-10-24-19(14-18)7-9-21-24/h2-10,14,20H,11-13,15-16H2,1H3. The number of pyridine rings is 1. The van der Waals surface area contributed by atoms with E-state index < -0.39 is 0 Å². The Morgan fingerprint density at radius 3 is 2.79 bits per heavy atom. The molecule has 1 aliphatic rings. The Morgan fingerprint density at radius 1 is 1.04 bits per heavy atom. The van der Waals surface area contributed by atoms with Gasteiger partial charge in [-0.2, -0.15) is 5.10 Å². The lowest BCUT2D eigenvalue weighted by molar-refractivity contribution is 0.0905. The van der Waals surface area contributed by atoms with Gasteiger partial charge in [0.2, 0.25) is 0 Å². The van der Waals surface area contributed by atoms with Crippen LogP contribution in [0.4, 0.5) is 0 Å². The number of piperazine rings is 1. The van der Waals surface area contributed by atoms with Gasteiger partial charge < -0.3 is 4.90 Å². The summed E-state index contributed by atoms with van der Waals surface area (Å²) in [6.07, 6.45) is 5.03. The van der Waals surface area contributed by atoms with Gasteiger partial charge in [-0.15, -0.1) is 0 Å². The molecule has 0 amide bonds. The summed E-state index contributed by atoms with van der Waals surface area (Å²) in [6.45, 7) is 4.40. The second-order valence-electron chi connectivity index (χ2n) is 6.79. The van der Waals surface area contributed by atoms with Crippen LogP contribution in [-0.2, 0) is 13.0 Å². The lowest BCUT2D eigenvalue weighted by Crippen LogP contribution is -2.51. The summed E-state index contributed by atoms with van der Waals surface area (Å²) in [4.78, 5) is 5.08. The van der Waals surface area contributed by atoms with E-state index in [9.17, 15) is 0 Å². The molecule has 1 saturated heterocycles. The summed E-state index contributed by atoms with van der Waals surface area (Å²) in [6, 6.07) is 17.9. The van der Waals surface area contributed by atoms with E-state index in [1.165, 1.54) is 16.6 Å². The Morgan fingerprint density at radius 2 is 1.92 bits per heavy atom. The number of hydrogen-bond donors (Lipinski definition) is 0. The fourth-order valence-corrected chi connectivity index (χ4v) is 3.58. The van der Waals surface area contributed by atoms with Crippen molar-refractivity contribution in [3.05, 3.63) is 72.1 Å². The van der Waals surface area contributed by atoms with Gasteiger partial charge in [-0.05, 0) is 42.8 Å². The highest BCUT2D eigenvalue weighted by Crippen LogP contribution is 2.16. The first-order chi connectivity index (χ1) is 11.8. The van der Waals surface area contributed by atoms with Crippen molar-refractivity contribution in [3.8, 4) is 0 Å². The zero-order valence-electron chi connectivity index (χ0n) is 14.2. The predicted octanol–water partition coefficient (Wildman–Crippen LogP) is 2.69. The second-order valence-corrected chi connectivity index (χ2v) is 6.79. The Bertz CT molecular complexity index is 796. The molecule has 3 heterocycles. The molecule has 3 aromatic rings. The number of likely N-dealkylation sites (N-methyl/N-ethyl adjacent to an activating group) is 1. The van der Waals surface area contributed by atoms with E-state index in [0.29, 0.717) is 6.04 Å². The van der Waals surface area contributed by atoms with Crippen molar-refractivity contribution in [1.82, 2.24) is 19.4 Å². The molecule has 0 bridgehead atoms. The fourth-order valence-electron chi connectivity index (χ4n) is 3.58. The first kappa shape index (κ1) is 15.4. The van der Waals surface area contributed by atoms with Gasteiger partial charge >= 0.3 is 0 Å². The topological polar surface area (TPSA) is 23.8 Å².